The first-order valence-corrected chi connectivity index (χ1v) is 7.22. The lowest BCUT2D eigenvalue weighted by Crippen LogP contribution is -2.07. The quantitative estimate of drug-likeness (QED) is 0.874. The summed E-state index contributed by atoms with van der Waals surface area (Å²) in [6, 6.07) is 5.39. The van der Waals surface area contributed by atoms with Crippen LogP contribution in [0.15, 0.2) is 18.2 Å². The highest BCUT2D eigenvalue weighted by molar-refractivity contribution is 6.38. The van der Waals surface area contributed by atoms with Gasteiger partial charge >= 0.3 is 0 Å². The average Bonchev–Trinajstić information content (AvgIpc) is 2.37. The molecule has 0 radical (unpaired) electrons. The average molecular weight is 310 g/mol. The Morgan fingerprint density at radius 2 is 1.70 bits per heavy atom. The molecule has 0 spiro atoms. The van der Waals surface area contributed by atoms with Crippen molar-refractivity contribution in [2.45, 2.75) is 26.7 Å². The molecule has 5 heteroatoms. The Kier molecular flexibility index (Phi) is 4.51. The normalized spacial score (nSPS) is 10.9. The molecule has 1 N–H and O–H groups in total. The van der Waals surface area contributed by atoms with Gasteiger partial charge in [-0.1, -0.05) is 43.1 Å². The maximum Gasteiger partial charge on any atom is 0.164 e. The fourth-order valence-electron chi connectivity index (χ4n) is 2.29. The van der Waals surface area contributed by atoms with E-state index in [9.17, 15) is 0 Å². The lowest BCUT2D eigenvalue weighted by molar-refractivity contribution is 0.834. The van der Waals surface area contributed by atoms with Crippen LogP contribution in [0.4, 0.5) is 5.82 Å². The zero-order valence-electron chi connectivity index (χ0n) is 12.0. The monoisotopic (exact) mass is 309 g/mol. The van der Waals surface area contributed by atoms with Crippen molar-refractivity contribution in [1.29, 1.82) is 0 Å². The summed E-state index contributed by atoms with van der Waals surface area (Å²) in [5.41, 5.74) is 2.72. The van der Waals surface area contributed by atoms with Gasteiger partial charge in [0.25, 0.3) is 0 Å². The Balaban J connectivity index is 2.68. The summed E-state index contributed by atoms with van der Waals surface area (Å²) in [4.78, 5) is 9.15. The van der Waals surface area contributed by atoms with Crippen LogP contribution in [0, 0.1) is 6.92 Å². The van der Waals surface area contributed by atoms with Gasteiger partial charge in [0, 0.05) is 18.3 Å². The van der Waals surface area contributed by atoms with Crippen molar-refractivity contribution in [2.75, 3.05) is 12.4 Å². The number of anilines is 1. The third-order valence-corrected chi connectivity index (χ3v) is 3.77. The van der Waals surface area contributed by atoms with Crippen LogP contribution in [-0.2, 0) is 0 Å². The summed E-state index contributed by atoms with van der Waals surface area (Å²) in [5, 5.41) is 4.23. The van der Waals surface area contributed by atoms with Gasteiger partial charge in [-0.2, -0.15) is 0 Å². The number of nitrogens with one attached hydrogen (secondary N) is 1. The summed E-state index contributed by atoms with van der Waals surface area (Å²) < 4.78 is 0. The highest BCUT2D eigenvalue weighted by atomic mass is 35.5. The summed E-state index contributed by atoms with van der Waals surface area (Å²) in [6.07, 6.45) is 0. The van der Waals surface area contributed by atoms with Crippen LogP contribution in [0.1, 0.15) is 31.0 Å². The number of aromatic nitrogens is 2. The Morgan fingerprint density at radius 3 is 2.20 bits per heavy atom. The van der Waals surface area contributed by atoms with E-state index in [0.717, 1.165) is 17.1 Å². The van der Waals surface area contributed by atoms with E-state index >= 15 is 0 Å². The molecule has 2 rings (SSSR count). The third kappa shape index (κ3) is 2.74. The summed E-state index contributed by atoms with van der Waals surface area (Å²) >= 11 is 12.5. The molecule has 1 aromatic heterocycles. The number of benzene rings is 1. The fourth-order valence-corrected chi connectivity index (χ4v) is 2.85. The smallest absolute Gasteiger partial charge is 0.164 e. The first-order chi connectivity index (χ1) is 9.45. The molecule has 106 valence electrons. The molecule has 0 amide bonds. The molecule has 3 nitrogen and oxygen atoms in total. The molecule has 0 saturated heterocycles. The maximum atomic E-state index is 6.23. The molecule has 0 bridgehead atoms. The van der Waals surface area contributed by atoms with E-state index in [1.165, 1.54) is 0 Å². The minimum absolute atomic E-state index is 0.341. The Bertz CT molecular complexity index is 619. The van der Waals surface area contributed by atoms with Gasteiger partial charge in [0.15, 0.2) is 5.82 Å². The molecular weight excluding hydrogens is 293 g/mol. The largest absolute Gasteiger partial charge is 0.373 e. The lowest BCUT2D eigenvalue weighted by atomic mass is 10.0. The van der Waals surface area contributed by atoms with Gasteiger partial charge in [0.05, 0.1) is 15.6 Å². The van der Waals surface area contributed by atoms with Crippen molar-refractivity contribution >= 4 is 29.0 Å². The summed E-state index contributed by atoms with van der Waals surface area (Å²) in [6.45, 7) is 6.22. The van der Waals surface area contributed by atoms with Crippen molar-refractivity contribution in [3.05, 3.63) is 39.5 Å². The van der Waals surface area contributed by atoms with Gasteiger partial charge in [0.2, 0.25) is 0 Å². The molecule has 1 aromatic carbocycles. The van der Waals surface area contributed by atoms with Gasteiger partial charge in [0.1, 0.15) is 5.82 Å². The van der Waals surface area contributed by atoms with Crippen LogP contribution in [0.5, 0.6) is 0 Å². The van der Waals surface area contributed by atoms with E-state index < -0.39 is 0 Å². The molecule has 20 heavy (non-hydrogen) atoms. The molecule has 1 heterocycles. The van der Waals surface area contributed by atoms with Crippen molar-refractivity contribution in [2.24, 2.45) is 0 Å². The molecule has 0 aliphatic heterocycles. The summed E-state index contributed by atoms with van der Waals surface area (Å²) in [5.74, 6) is 1.71. The number of aryl methyl sites for hydroxylation is 1. The van der Waals surface area contributed by atoms with E-state index in [4.69, 9.17) is 23.2 Å². The topological polar surface area (TPSA) is 37.8 Å². The summed E-state index contributed by atoms with van der Waals surface area (Å²) in [7, 11) is 1.85. The molecule has 2 aromatic rings. The Hall–Kier alpha value is -1.32. The minimum Gasteiger partial charge on any atom is -0.373 e. The van der Waals surface area contributed by atoms with E-state index in [0.29, 0.717) is 27.4 Å². The first-order valence-electron chi connectivity index (χ1n) is 6.46. The Morgan fingerprint density at radius 1 is 1.10 bits per heavy atom. The molecule has 0 aliphatic rings. The van der Waals surface area contributed by atoms with Crippen LogP contribution in [-0.4, -0.2) is 17.0 Å². The maximum absolute atomic E-state index is 6.23. The van der Waals surface area contributed by atoms with Gasteiger partial charge in [-0.15, -0.1) is 0 Å². The predicted molar refractivity (Wildman–Crippen MR) is 85.9 cm³/mol. The van der Waals surface area contributed by atoms with E-state index in [1.807, 2.05) is 20.0 Å². The van der Waals surface area contributed by atoms with Gasteiger partial charge in [-0.05, 0) is 25.0 Å². The van der Waals surface area contributed by atoms with Crippen LogP contribution in [0.3, 0.4) is 0 Å². The molecule has 0 fully saturated rings. The van der Waals surface area contributed by atoms with Crippen molar-refractivity contribution < 1.29 is 0 Å². The number of halogens is 2. The van der Waals surface area contributed by atoms with Crippen molar-refractivity contribution in [3.63, 3.8) is 0 Å². The molecule has 0 atom stereocenters. The number of rotatable bonds is 3. The molecular formula is C15H17Cl2N3. The SMILES string of the molecule is CNc1nc(-c2c(Cl)cccc2Cl)nc(C)c1C(C)C. The van der Waals surface area contributed by atoms with Crippen LogP contribution in [0.2, 0.25) is 10.0 Å². The standard InChI is InChI=1S/C15H17Cl2N3/c1-8(2)12-9(3)19-15(20-14(12)18-4)13-10(16)6-5-7-11(13)17/h5-8H,1-4H3,(H,18,19,20). The highest BCUT2D eigenvalue weighted by Gasteiger charge is 2.17. The lowest BCUT2D eigenvalue weighted by Gasteiger charge is -2.16. The van der Waals surface area contributed by atoms with E-state index in [1.54, 1.807) is 12.1 Å². The predicted octanol–water partition coefficient (Wildman–Crippen LogP) is 4.92. The van der Waals surface area contributed by atoms with Crippen molar-refractivity contribution in [3.8, 4) is 11.4 Å². The van der Waals surface area contributed by atoms with Crippen LogP contribution >= 0.6 is 23.2 Å². The van der Waals surface area contributed by atoms with Crippen LogP contribution in [0.25, 0.3) is 11.4 Å². The molecule has 0 unspecified atom stereocenters. The zero-order chi connectivity index (χ0) is 14.9. The number of hydrogen-bond donors (Lipinski definition) is 1. The van der Waals surface area contributed by atoms with E-state index in [-0.39, 0.29) is 0 Å². The fraction of sp³-hybridized carbons (Fsp3) is 0.333. The van der Waals surface area contributed by atoms with Gasteiger partial charge in [-0.3, -0.25) is 0 Å². The first kappa shape index (κ1) is 15.1. The second kappa shape index (κ2) is 5.98. The molecule has 0 saturated carbocycles. The second-order valence-corrected chi connectivity index (χ2v) is 5.71. The van der Waals surface area contributed by atoms with Crippen LogP contribution < -0.4 is 5.32 Å². The minimum atomic E-state index is 0.341. The van der Waals surface area contributed by atoms with Gasteiger partial charge in [-0.25, -0.2) is 9.97 Å². The Labute approximate surface area is 129 Å². The zero-order valence-corrected chi connectivity index (χ0v) is 13.5. The number of hydrogen-bond acceptors (Lipinski definition) is 3. The van der Waals surface area contributed by atoms with Crippen molar-refractivity contribution in [1.82, 2.24) is 9.97 Å². The van der Waals surface area contributed by atoms with E-state index in [2.05, 4.69) is 29.1 Å². The molecule has 0 aliphatic carbocycles. The third-order valence-electron chi connectivity index (χ3n) is 3.14. The van der Waals surface area contributed by atoms with Gasteiger partial charge < -0.3 is 5.32 Å². The highest BCUT2D eigenvalue weighted by Crippen LogP contribution is 2.35. The second-order valence-electron chi connectivity index (χ2n) is 4.90. The number of nitrogens with zero attached hydrogens (tertiary/aromatic N) is 2.